The SMILES string of the molecule is COc1ccc(C(OC[C@H]2O[C@@H](n3ccc(=O)[nH]c3=O)C[C@@H]2OP(=O)(O)OC[C@H]2O[C@@H](N3CC(C)C(=O)NC3=O)C[C@@H]2O)(c2ccccc2)c2ccc(OC)cc2)cc1. The van der Waals surface area contributed by atoms with Gasteiger partial charge in [0.2, 0.25) is 5.91 Å². The number of aromatic nitrogens is 2. The van der Waals surface area contributed by atoms with Gasteiger partial charge in [0, 0.05) is 31.6 Å². The molecule has 7 rings (SSSR count). The monoisotopic (exact) mass is 836 g/mol. The highest BCUT2D eigenvalue weighted by Crippen LogP contribution is 2.50. The van der Waals surface area contributed by atoms with E-state index in [-0.39, 0.29) is 26.0 Å². The second-order valence-electron chi connectivity index (χ2n) is 14.4. The molecule has 0 radical (unpaired) electrons. The van der Waals surface area contributed by atoms with Gasteiger partial charge in [0.25, 0.3) is 5.56 Å². The summed E-state index contributed by atoms with van der Waals surface area (Å²) >= 11 is 0. The molecule has 59 heavy (non-hydrogen) atoms. The Morgan fingerprint density at radius 1 is 0.814 bits per heavy atom. The van der Waals surface area contributed by atoms with Crippen LogP contribution in [0.25, 0.3) is 0 Å². The first-order valence-electron chi connectivity index (χ1n) is 18.9. The third-order valence-corrected chi connectivity index (χ3v) is 11.6. The normalized spacial score (nSPS) is 25.7. The van der Waals surface area contributed by atoms with Gasteiger partial charge in [-0.15, -0.1) is 0 Å². The van der Waals surface area contributed by atoms with Crippen molar-refractivity contribution in [3.05, 3.63) is 129 Å². The Morgan fingerprint density at radius 2 is 1.42 bits per heavy atom. The van der Waals surface area contributed by atoms with E-state index >= 15 is 0 Å². The molecule has 3 aliphatic heterocycles. The first-order chi connectivity index (χ1) is 28.3. The number of imide groups is 1. The van der Waals surface area contributed by atoms with E-state index in [1.165, 1.54) is 11.1 Å². The van der Waals surface area contributed by atoms with Crippen molar-refractivity contribution in [1.29, 1.82) is 0 Å². The lowest BCUT2D eigenvalue weighted by Gasteiger charge is -2.37. The maximum atomic E-state index is 13.7. The number of aliphatic hydroxyl groups excluding tert-OH is 1. The van der Waals surface area contributed by atoms with E-state index in [4.69, 9.17) is 32.7 Å². The average Bonchev–Trinajstić information content (AvgIpc) is 3.80. The summed E-state index contributed by atoms with van der Waals surface area (Å²) in [6, 6.07) is 24.5. The Morgan fingerprint density at radius 3 is 2.03 bits per heavy atom. The average molecular weight is 837 g/mol. The van der Waals surface area contributed by atoms with Gasteiger partial charge in [-0.1, -0.05) is 61.5 Å². The molecule has 2 unspecified atom stereocenters. The third kappa shape index (κ3) is 9.05. The molecular weight excluding hydrogens is 791 g/mol. The maximum absolute atomic E-state index is 13.7. The molecule has 0 bridgehead atoms. The zero-order valence-electron chi connectivity index (χ0n) is 32.4. The standard InChI is InChI=1S/C40H45N4O14P/c1-24-21-44(39(49)42-37(24)47)35-19-30(45)32(56-35)23-55-59(50,51)58-31-20-36(43-18-17-34(46)41-38(43)48)57-33(31)22-54-40(25-7-5-4-6-8-25,26-9-13-28(52-2)14-10-26)27-11-15-29(53-3)16-12-27/h4-18,24,30-33,35-36,45H,19-23H2,1-3H3,(H,50,51)(H,41,46,48)(H,42,47,49)/t24?,30-,31-,32+,33+,35+,36+/m0/s1. The number of aromatic amines is 1. The van der Waals surface area contributed by atoms with Crippen molar-refractivity contribution < 1.29 is 56.9 Å². The number of rotatable bonds is 15. The van der Waals surface area contributed by atoms with Gasteiger partial charge in [0.05, 0.1) is 39.5 Å². The number of nitrogens with one attached hydrogen (secondary N) is 2. The second-order valence-corrected chi connectivity index (χ2v) is 15.8. The minimum Gasteiger partial charge on any atom is -0.497 e. The highest BCUT2D eigenvalue weighted by Gasteiger charge is 2.47. The molecule has 1 aromatic heterocycles. The molecule has 3 aliphatic rings. The van der Waals surface area contributed by atoms with Crippen LogP contribution in [0, 0.1) is 5.92 Å². The van der Waals surface area contributed by atoms with Crippen LogP contribution in [-0.4, -0.2) is 101 Å². The lowest BCUT2D eigenvalue weighted by atomic mass is 9.80. The molecule has 8 atom stereocenters. The number of phosphoric acid groups is 1. The lowest BCUT2D eigenvalue weighted by molar-refractivity contribution is -0.128. The van der Waals surface area contributed by atoms with Gasteiger partial charge in [0.15, 0.2) is 0 Å². The number of hydrogen-bond donors (Lipinski definition) is 4. The van der Waals surface area contributed by atoms with Crippen LogP contribution in [0.4, 0.5) is 4.79 Å². The van der Waals surface area contributed by atoms with Crippen LogP contribution < -0.4 is 26.0 Å². The number of urea groups is 1. The van der Waals surface area contributed by atoms with E-state index in [2.05, 4.69) is 10.3 Å². The summed E-state index contributed by atoms with van der Waals surface area (Å²) in [7, 11) is -1.85. The first-order valence-corrected chi connectivity index (χ1v) is 20.4. The van der Waals surface area contributed by atoms with E-state index in [0.717, 1.165) is 16.2 Å². The highest BCUT2D eigenvalue weighted by atomic mass is 31.2. The number of amides is 3. The zero-order chi connectivity index (χ0) is 41.9. The molecule has 0 aliphatic carbocycles. The molecule has 0 saturated carbocycles. The molecule has 3 amide bonds. The fourth-order valence-corrected chi connectivity index (χ4v) is 8.46. The molecule has 18 nitrogen and oxygen atoms in total. The lowest BCUT2D eigenvalue weighted by Crippen LogP contribution is -2.57. The Hall–Kier alpha value is -5.17. The summed E-state index contributed by atoms with van der Waals surface area (Å²) in [4.78, 5) is 63.8. The van der Waals surface area contributed by atoms with Gasteiger partial charge < -0.3 is 33.7 Å². The van der Waals surface area contributed by atoms with Crippen LogP contribution in [-0.2, 0) is 38.2 Å². The molecule has 3 aromatic carbocycles. The molecule has 3 saturated heterocycles. The van der Waals surface area contributed by atoms with Crippen molar-refractivity contribution in [3.63, 3.8) is 0 Å². The smallest absolute Gasteiger partial charge is 0.472 e. The number of aliphatic hydroxyl groups is 1. The quantitative estimate of drug-likeness (QED) is 0.0998. The Kier molecular flexibility index (Phi) is 12.5. The molecule has 3 fully saturated rings. The number of hydrogen-bond acceptors (Lipinski definition) is 13. The van der Waals surface area contributed by atoms with Gasteiger partial charge in [0.1, 0.15) is 47.9 Å². The number of ether oxygens (including phenoxy) is 5. The van der Waals surface area contributed by atoms with E-state index in [9.17, 15) is 33.7 Å². The van der Waals surface area contributed by atoms with Gasteiger partial charge in [-0.25, -0.2) is 14.2 Å². The number of phosphoric ester groups is 1. The summed E-state index contributed by atoms with van der Waals surface area (Å²) in [5, 5.41) is 13.0. The van der Waals surface area contributed by atoms with E-state index in [0.29, 0.717) is 22.6 Å². The van der Waals surface area contributed by atoms with Crippen molar-refractivity contribution in [2.24, 2.45) is 5.92 Å². The van der Waals surface area contributed by atoms with Crippen LogP contribution in [0.15, 0.2) is 101 Å². The molecule has 4 N–H and O–H groups in total. The zero-order valence-corrected chi connectivity index (χ0v) is 33.3. The first kappa shape index (κ1) is 42.0. The van der Waals surface area contributed by atoms with E-state index in [1.807, 2.05) is 54.6 Å². The maximum Gasteiger partial charge on any atom is 0.472 e. The second kappa shape index (κ2) is 17.6. The fraction of sp³-hybridized carbons (Fsp3) is 0.400. The van der Waals surface area contributed by atoms with Gasteiger partial charge in [-0.3, -0.25) is 38.4 Å². The van der Waals surface area contributed by atoms with Crippen molar-refractivity contribution in [1.82, 2.24) is 19.8 Å². The fourth-order valence-electron chi connectivity index (χ4n) is 7.50. The van der Waals surface area contributed by atoms with E-state index in [1.54, 1.807) is 45.4 Å². The predicted molar refractivity (Wildman–Crippen MR) is 207 cm³/mol. The van der Waals surface area contributed by atoms with Crippen molar-refractivity contribution in [2.75, 3.05) is 34.0 Å². The number of methoxy groups -OCH3 is 2. The molecule has 4 aromatic rings. The number of nitrogens with zero attached hydrogens (tertiary/aromatic N) is 2. The van der Waals surface area contributed by atoms with Crippen LogP contribution in [0.1, 0.15) is 42.7 Å². The van der Waals surface area contributed by atoms with Crippen molar-refractivity contribution >= 4 is 19.8 Å². The number of benzene rings is 3. The van der Waals surface area contributed by atoms with Crippen LogP contribution in [0.3, 0.4) is 0 Å². The minimum atomic E-state index is -4.97. The Labute approximate surface area is 338 Å². The summed E-state index contributed by atoms with van der Waals surface area (Å²) in [6.07, 6.45) is -5.58. The molecule has 314 valence electrons. The van der Waals surface area contributed by atoms with Gasteiger partial charge in [-0.05, 0) is 41.0 Å². The van der Waals surface area contributed by atoms with E-state index < -0.39 is 86.0 Å². The number of carbonyl (C=O) groups is 2. The van der Waals surface area contributed by atoms with Crippen molar-refractivity contribution in [3.8, 4) is 11.5 Å². The summed E-state index contributed by atoms with van der Waals surface area (Å²) < 4.78 is 56.0. The minimum absolute atomic E-state index is 0.0318. The third-order valence-electron chi connectivity index (χ3n) is 10.6. The summed E-state index contributed by atoms with van der Waals surface area (Å²) in [5.74, 6) is 0.282. The van der Waals surface area contributed by atoms with Gasteiger partial charge in [-0.2, -0.15) is 0 Å². The molecule has 0 spiro atoms. The highest BCUT2D eigenvalue weighted by molar-refractivity contribution is 7.47. The molecular formula is C40H45N4O14P. The summed E-state index contributed by atoms with van der Waals surface area (Å²) in [5.41, 5.74) is -0.587. The number of carbonyl (C=O) groups excluding carboxylic acids is 2. The van der Waals surface area contributed by atoms with Crippen LogP contribution >= 0.6 is 7.82 Å². The summed E-state index contributed by atoms with van der Waals surface area (Å²) in [6.45, 7) is 0.837. The van der Waals surface area contributed by atoms with Crippen LogP contribution in [0.2, 0.25) is 0 Å². The van der Waals surface area contributed by atoms with Crippen LogP contribution in [0.5, 0.6) is 11.5 Å². The largest absolute Gasteiger partial charge is 0.497 e. The van der Waals surface area contributed by atoms with Crippen molar-refractivity contribution in [2.45, 2.75) is 62.2 Å². The Balaban J connectivity index is 1.16. The molecule has 19 heteroatoms. The number of H-pyrrole nitrogens is 1. The molecule has 4 heterocycles. The topological polar surface area (TPSA) is 226 Å². The predicted octanol–water partition coefficient (Wildman–Crippen LogP) is 3.02. The Bertz CT molecular complexity index is 2220. The van der Waals surface area contributed by atoms with Gasteiger partial charge >= 0.3 is 19.5 Å².